The molecule has 0 unspecified atom stereocenters. The number of hydrogen-bond donors (Lipinski definition) is 0. The standard InChI is InChI=1S/C22H21N3O5S/c1-29-11-10-24(21(26)17-12-16-4-2-3-5-20(16)30-13-17)22-23-19(14-31-22)15-6-8-18(9-7-15)25(27)28/h2-9,14,17H,10-13H2,1H3/t17-/m0/s1. The number of nitro benzene ring substituents is 1. The number of aromatic nitrogens is 1. The maximum atomic E-state index is 13.4. The van der Waals surface area contributed by atoms with Gasteiger partial charge in [0.05, 0.1) is 29.7 Å². The average Bonchev–Trinajstić information content (AvgIpc) is 3.29. The summed E-state index contributed by atoms with van der Waals surface area (Å²) < 4.78 is 11.0. The minimum absolute atomic E-state index is 0.0219. The molecular weight excluding hydrogens is 418 g/mol. The number of carbonyl (C=O) groups is 1. The molecule has 2 aromatic carbocycles. The highest BCUT2D eigenvalue weighted by atomic mass is 32.1. The number of benzene rings is 2. The zero-order chi connectivity index (χ0) is 21.8. The van der Waals surface area contributed by atoms with Crippen molar-refractivity contribution in [3.8, 4) is 17.0 Å². The van der Waals surface area contributed by atoms with Crippen molar-refractivity contribution in [1.82, 2.24) is 4.98 Å². The molecule has 0 fully saturated rings. The lowest BCUT2D eigenvalue weighted by Gasteiger charge is -2.29. The molecular formula is C22H21N3O5S. The number of nitro groups is 1. The van der Waals surface area contributed by atoms with Crippen LogP contribution < -0.4 is 9.64 Å². The lowest BCUT2D eigenvalue weighted by atomic mass is 9.95. The van der Waals surface area contributed by atoms with E-state index in [4.69, 9.17) is 9.47 Å². The van der Waals surface area contributed by atoms with Gasteiger partial charge >= 0.3 is 0 Å². The van der Waals surface area contributed by atoms with Crippen molar-refractivity contribution in [2.45, 2.75) is 6.42 Å². The summed E-state index contributed by atoms with van der Waals surface area (Å²) in [7, 11) is 1.59. The van der Waals surface area contributed by atoms with E-state index in [-0.39, 0.29) is 17.5 Å². The van der Waals surface area contributed by atoms with Crippen LogP contribution in [0.25, 0.3) is 11.3 Å². The molecule has 0 N–H and O–H groups in total. The molecule has 8 nitrogen and oxygen atoms in total. The summed E-state index contributed by atoms with van der Waals surface area (Å²) in [5.41, 5.74) is 2.45. The number of carbonyl (C=O) groups excluding carboxylic acids is 1. The highest BCUT2D eigenvalue weighted by Gasteiger charge is 2.31. The molecule has 1 aromatic heterocycles. The third-order valence-electron chi connectivity index (χ3n) is 5.11. The first-order valence-electron chi connectivity index (χ1n) is 9.78. The Kier molecular flexibility index (Phi) is 6.24. The quantitative estimate of drug-likeness (QED) is 0.409. The summed E-state index contributed by atoms with van der Waals surface area (Å²) in [5, 5.41) is 13.3. The van der Waals surface area contributed by atoms with E-state index in [0.29, 0.717) is 37.0 Å². The number of hydrogen-bond acceptors (Lipinski definition) is 7. The fourth-order valence-corrected chi connectivity index (χ4v) is 4.33. The van der Waals surface area contributed by atoms with Gasteiger partial charge < -0.3 is 9.47 Å². The maximum Gasteiger partial charge on any atom is 0.269 e. The number of methoxy groups -OCH3 is 1. The summed E-state index contributed by atoms with van der Waals surface area (Å²) in [4.78, 5) is 30.1. The predicted molar refractivity (Wildman–Crippen MR) is 118 cm³/mol. The second-order valence-corrected chi connectivity index (χ2v) is 7.96. The van der Waals surface area contributed by atoms with Gasteiger partial charge in [0.15, 0.2) is 5.13 Å². The highest BCUT2D eigenvalue weighted by molar-refractivity contribution is 7.14. The second-order valence-electron chi connectivity index (χ2n) is 7.12. The smallest absolute Gasteiger partial charge is 0.269 e. The highest BCUT2D eigenvalue weighted by Crippen LogP contribution is 2.32. The fourth-order valence-electron chi connectivity index (χ4n) is 3.46. The monoisotopic (exact) mass is 439 g/mol. The number of ether oxygens (including phenoxy) is 2. The van der Waals surface area contributed by atoms with E-state index >= 15 is 0 Å². The SMILES string of the molecule is COCCN(C(=O)[C@@H]1COc2ccccc2C1)c1nc(-c2ccc([N+](=O)[O-])cc2)cs1. The van der Waals surface area contributed by atoms with E-state index in [9.17, 15) is 14.9 Å². The van der Waals surface area contributed by atoms with Gasteiger partial charge in [0.25, 0.3) is 5.69 Å². The number of nitrogens with zero attached hydrogens (tertiary/aromatic N) is 3. The minimum Gasteiger partial charge on any atom is -0.492 e. The van der Waals surface area contributed by atoms with E-state index in [1.165, 1.54) is 23.5 Å². The van der Waals surface area contributed by atoms with E-state index in [2.05, 4.69) is 4.98 Å². The zero-order valence-corrected chi connectivity index (χ0v) is 17.7. The molecule has 1 aliphatic rings. The van der Waals surface area contributed by atoms with Crippen LogP contribution in [0.3, 0.4) is 0 Å². The minimum atomic E-state index is -0.439. The Hall–Kier alpha value is -3.30. The number of thiazole rings is 1. The van der Waals surface area contributed by atoms with Crippen molar-refractivity contribution in [2.24, 2.45) is 5.92 Å². The Morgan fingerprint density at radius 1 is 1.29 bits per heavy atom. The van der Waals surface area contributed by atoms with Crippen LogP contribution in [0.15, 0.2) is 53.9 Å². The van der Waals surface area contributed by atoms with Gasteiger partial charge in [0.2, 0.25) is 5.91 Å². The predicted octanol–water partition coefficient (Wildman–Crippen LogP) is 3.95. The molecule has 3 aromatic rings. The molecule has 0 saturated heterocycles. The number of rotatable bonds is 7. The molecule has 2 heterocycles. The molecule has 0 saturated carbocycles. The first-order valence-corrected chi connectivity index (χ1v) is 10.7. The molecule has 4 rings (SSSR count). The Bertz CT molecular complexity index is 1080. The number of anilines is 1. The largest absolute Gasteiger partial charge is 0.492 e. The van der Waals surface area contributed by atoms with Gasteiger partial charge in [-0.05, 0) is 30.2 Å². The molecule has 0 bridgehead atoms. The van der Waals surface area contributed by atoms with Crippen LogP contribution in [-0.2, 0) is 16.0 Å². The van der Waals surface area contributed by atoms with Crippen molar-refractivity contribution in [2.75, 3.05) is 31.8 Å². The van der Waals surface area contributed by atoms with Gasteiger partial charge in [-0.3, -0.25) is 19.8 Å². The topological polar surface area (TPSA) is 94.8 Å². The van der Waals surface area contributed by atoms with E-state index < -0.39 is 4.92 Å². The number of para-hydroxylation sites is 1. The van der Waals surface area contributed by atoms with Crippen molar-refractivity contribution in [3.63, 3.8) is 0 Å². The molecule has 1 atom stereocenters. The molecule has 1 amide bonds. The number of fused-ring (bicyclic) bond motifs is 1. The Labute approximate surface area is 183 Å². The van der Waals surface area contributed by atoms with Crippen molar-refractivity contribution >= 4 is 28.1 Å². The molecule has 1 aliphatic heterocycles. The molecule has 31 heavy (non-hydrogen) atoms. The van der Waals surface area contributed by atoms with Gasteiger partial charge in [0.1, 0.15) is 12.4 Å². The van der Waals surface area contributed by atoms with Crippen LogP contribution in [0.1, 0.15) is 5.56 Å². The van der Waals surface area contributed by atoms with Crippen LogP contribution in [0.4, 0.5) is 10.8 Å². The summed E-state index contributed by atoms with van der Waals surface area (Å²) in [6.07, 6.45) is 0.610. The molecule has 0 spiro atoms. The number of amides is 1. The Balaban J connectivity index is 1.55. The average molecular weight is 439 g/mol. The van der Waals surface area contributed by atoms with Gasteiger partial charge in [0, 0.05) is 30.2 Å². The van der Waals surface area contributed by atoms with Crippen LogP contribution in [0, 0.1) is 16.0 Å². The van der Waals surface area contributed by atoms with Gasteiger partial charge in [-0.1, -0.05) is 18.2 Å². The van der Waals surface area contributed by atoms with Gasteiger partial charge in [-0.2, -0.15) is 0 Å². The lowest BCUT2D eigenvalue weighted by molar-refractivity contribution is -0.384. The summed E-state index contributed by atoms with van der Waals surface area (Å²) in [6, 6.07) is 13.9. The van der Waals surface area contributed by atoms with Gasteiger partial charge in [-0.15, -0.1) is 11.3 Å². The normalized spacial score (nSPS) is 15.1. The fraction of sp³-hybridized carbons (Fsp3) is 0.273. The summed E-state index contributed by atoms with van der Waals surface area (Å²) in [6.45, 7) is 1.07. The lowest BCUT2D eigenvalue weighted by Crippen LogP contribution is -2.42. The maximum absolute atomic E-state index is 13.4. The van der Waals surface area contributed by atoms with Crippen LogP contribution in [0.5, 0.6) is 5.75 Å². The Morgan fingerprint density at radius 3 is 2.81 bits per heavy atom. The van der Waals surface area contributed by atoms with E-state index in [1.54, 1.807) is 24.1 Å². The van der Waals surface area contributed by atoms with Gasteiger partial charge in [-0.25, -0.2) is 4.98 Å². The number of non-ortho nitro benzene ring substituents is 1. The third kappa shape index (κ3) is 4.57. The van der Waals surface area contributed by atoms with E-state index in [0.717, 1.165) is 16.9 Å². The molecule has 0 aliphatic carbocycles. The van der Waals surface area contributed by atoms with Crippen LogP contribution in [0.2, 0.25) is 0 Å². The van der Waals surface area contributed by atoms with Crippen molar-refractivity contribution < 1.29 is 19.2 Å². The zero-order valence-electron chi connectivity index (χ0n) is 16.9. The van der Waals surface area contributed by atoms with Crippen molar-refractivity contribution in [3.05, 3.63) is 69.6 Å². The second kappa shape index (κ2) is 9.23. The van der Waals surface area contributed by atoms with Crippen LogP contribution in [-0.4, -0.2) is 42.7 Å². The van der Waals surface area contributed by atoms with Crippen LogP contribution >= 0.6 is 11.3 Å². The molecule has 9 heteroatoms. The Morgan fingerprint density at radius 2 is 2.06 bits per heavy atom. The summed E-state index contributed by atoms with van der Waals surface area (Å²) >= 11 is 1.36. The summed E-state index contributed by atoms with van der Waals surface area (Å²) in [5.74, 6) is 0.458. The third-order valence-corrected chi connectivity index (χ3v) is 5.97. The first-order chi connectivity index (χ1) is 15.1. The van der Waals surface area contributed by atoms with E-state index in [1.807, 2.05) is 29.6 Å². The van der Waals surface area contributed by atoms with Crippen molar-refractivity contribution in [1.29, 1.82) is 0 Å². The molecule has 0 radical (unpaired) electrons. The molecule has 160 valence electrons. The first kappa shape index (κ1) is 21.0.